The third kappa shape index (κ3) is 4.93. The zero-order valence-electron chi connectivity index (χ0n) is 32.6. The molecule has 9 N–H and O–H groups in total. The van der Waals surface area contributed by atoms with Crippen molar-refractivity contribution in [1.29, 1.82) is 0 Å². The molecule has 312 valence electrons. The van der Waals surface area contributed by atoms with Crippen molar-refractivity contribution in [3.05, 3.63) is 51.6 Å². The van der Waals surface area contributed by atoms with Gasteiger partial charge in [-0.2, -0.15) is 0 Å². The number of benzene rings is 2. The lowest BCUT2D eigenvalue weighted by molar-refractivity contribution is -0.327. The van der Waals surface area contributed by atoms with Crippen molar-refractivity contribution in [3.63, 3.8) is 0 Å². The van der Waals surface area contributed by atoms with Crippen LogP contribution >= 0.6 is 0 Å². The fraction of sp³-hybridized carbons (Fsp3) is 0.628. The van der Waals surface area contributed by atoms with Crippen molar-refractivity contribution >= 4 is 22.5 Å². The number of fused-ring (bicyclic) bond motifs is 2. The zero-order chi connectivity index (χ0) is 40.7. The Morgan fingerprint density at radius 2 is 1.91 bits per heavy atom. The first-order valence-corrected chi connectivity index (χ1v) is 20.6. The van der Waals surface area contributed by atoms with E-state index in [2.05, 4.69) is 16.9 Å². The number of carboxylic acids is 1. The van der Waals surface area contributed by atoms with Crippen LogP contribution in [0.15, 0.2) is 34.9 Å². The lowest BCUT2D eigenvalue weighted by Gasteiger charge is -2.71. The summed E-state index contributed by atoms with van der Waals surface area (Å²) in [4.78, 5) is 24.9. The maximum absolute atomic E-state index is 12.6. The Hall–Kier alpha value is -3.64. The number of carbonyl (C=O) groups excluding carboxylic acids is 1. The van der Waals surface area contributed by atoms with E-state index in [0.29, 0.717) is 32.1 Å². The summed E-state index contributed by atoms with van der Waals surface area (Å²) in [7, 11) is 0. The molecule has 15 heteroatoms. The number of Topliss-reactive ketones (excluding diaryl/α,β-unsaturated/α-hetero) is 1. The van der Waals surface area contributed by atoms with E-state index >= 15 is 0 Å². The van der Waals surface area contributed by atoms with Gasteiger partial charge in [0, 0.05) is 47.1 Å². The van der Waals surface area contributed by atoms with Gasteiger partial charge in [-0.25, -0.2) is 4.79 Å². The summed E-state index contributed by atoms with van der Waals surface area (Å²) < 4.78 is 25.9. The zero-order valence-corrected chi connectivity index (χ0v) is 32.6. The number of carbonyl (C=O) groups is 2. The summed E-state index contributed by atoms with van der Waals surface area (Å²) in [6.07, 6.45) is 2.23. The Morgan fingerprint density at radius 3 is 2.66 bits per heavy atom. The molecule has 4 heterocycles. The second kappa shape index (κ2) is 13.2. The number of aromatic carboxylic acids is 1. The van der Waals surface area contributed by atoms with Crippen LogP contribution in [0.25, 0.3) is 10.8 Å². The van der Waals surface area contributed by atoms with Crippen molar-refractivity contribution < 1.29 is 64.3 Å². The number of rotatable bonds is 7. The number of hydrogen-bond donors (Lipinski definition) is 9. The van der Waals surface area contributed by atoms with Gasteiger partial charge in [-0.05, 0) is 105 Å². The standard InChI is InChI=1S/C43H52N2O13/c1-19-30(20(2)48)34(50)32-24(33(19)49)10-22(38(53)54)11-27(32)57-39-35(51)37(52)43(29(14-47)58-39)13-26-31-21(16-56-43)5-6-25(31)41(8-9-46)18-55-15-23-12-40-7-3-4-28(40)44-45-42(26,17-40)36(23)41/h6,10-11,23,26,28-29,35-37,39,44-47,49-52H,3-5,7-9,12-18H2,1-2H3,(H,53,54)/t23-,26+,28+,29+,35+,36-,37+,39+,40-,41-,42+,43+/m0/s1. The van der Waals surface area contributed by atoms with Crippen LogP contribution in [0, 0.1) is 35.5 Å². The topological polar surface area (TPSA) is 237 Å². The van der Waals surface area contributed by atoms with Gasteiger partial charge in [0.25, 0.3) is 0 Å². The fourth-order valence-electron chi connectivity index (χ4n) is 13.8. The monoisotopic (exact) mass is 804 g/mol. The Morgan fingerprint density at radius 1 is 1.10 bits per heavy atom. The molecule has 2 aromatic rings. The quantitative estimate of drug-likeness (QED) is 0.145. The SMILES string of the molecule is CC(=O)c1c(C)c(O)c2cc(C(=O)O)cc(O[C@@H]3O[C@H](CO)[C@]4(C[C@@H]5C6=C(CC=C6[C@]6(CCO)COC[C@@H]7C[C@]89CCC[C@H]8NN[C@@]5(C9)[C@@H]76)CO4)[C@H](O)[C@H]3O)c2c1O. The molecule has 10 rings (SSSR count). The predicted molar refractivity (Wildman–Crippen MR) is 204 cm³/mol. The van der Waals surface area contributed by atoms with Crippen LogP contribution in [-0.2, 0) is 14.2 Å². The average Bonchev–Trinajstić information content (AvgIpc) is 3.76. The molecule has 4 aliphatic heterocycles. The Bertz CT molecular complexity index is 2180. The highest BCUT2D eigenvalue weighted by Gasteiger charge is 2.74. The summed E-state index contributed by atoms with van der Waals surface area (Å²) in [5, 5.41) is 78.5. The van der Waals surface area contributed by atoms with Gasteiger partial charge >= 0.3 is 5.97 Å². The van der Waals surface area contributed by atoms with E-state index in [0.717, 1.165) is 61.0 Å². The van der Waals surface area contributed by atoms with Crippen LogP contribution in [0.3, 0.4) is 0 Å². The lowest BCUT2D eigenvalue weighted by Crippen LogP contribution is -2.81. The van der Waals surface area contributed by atoms with Gasteiger partial charge in [0.2, 0.25) is 6.29 Å². The smallest absolute Gasteiger partial charge is 0.335 e. The second-order valence-corrected chi connectivity index (χ2v) is 18.4. The largest absolute Gasteiger partial charge is 0.507 e. The van der Waals surface area contributed by atoms with Gasteiger partial charge in [-0.1, -0.05) is 12.5 Å². The van der Waals surface area contributed by atoms with Crippen LogP contribution in [0.1, 0.15) is 84.6 Å². The van der Waals surface area contributed by atoms with Crippen molar-refractivity contribution in [2.45, 2.75) is 107 Å². The van der Waals surface area contributed by atoms with E-state index in [-0.39, 0.29) is 76.0 Å². The predicted octanol–water partition coefficient (Wildman–Crippen LogP) is 2.50. The molecule has 0 aromatic heterocycles. The fourth-order valence-corrected chi connectivity index (χ4v) is 13.8. The molecule has 8 aliphatic rings. The molecule has 0 unspecified atom stereocenters. The minimum Gasteiger partial charge on any atom is -0.507 e. The van der Waals surface area contributed by atoms with E-state index in [9.17, 15) is 45.3 Å². The van der Waals surface area contributed by atoms with Crippen LogP contribution in [0.5, 0.6) is 17.2 Å². The van der Waals surface area contributed by atoms with Gasteiger partial charge in [-0.15, -0.1) is 0 Å². The highest BCUT2D eigenvalue weighted by Crippen LogP contribution is 2.72. The highest BCUT2D eigenvalue weighted by atomic mass is 16.7. The van der Waals surface area contributed by atoms with Crippen LogP contribution in [0.2, 0.25) is 0 Å². The van der Waals surface area contributed by atoms with E-state index < -0.39 is 71.0 Å². The summed E-state index contributed by atoms with van der Waals surface area (Å²) in [6.45, 7) is 3.18. The van der Waals surface area contributed by atoms with Gasteiger partial charge in [0.1, 0.15) is 41.2 Å². The molecule has 4 aliphatic carbocycles. The molecule has 0 radical (unpaired) electrons. The third-order valence-electron chi connectivity index (χ3n) is 15.9. The number of carboxylic acid groups (broad SMARTS) is 1. The first kappa shape index (κ1) is 38.6. The highest BCUT2D eigenvalue weighted by molar-refractivity contribution is 6.11. The van der Waals surface area contributed by atoms with Crippen molar-refractivity contribution in [1.82, 2.24) is 10.9 Å². The average molecular weight is 805 g/mol. The van der Waals surface area contributed by atoms with Gasteiger partial charge in [-0.3, -0.25) is 15.6 Å². The molecular formula is C43H52N2O13. The summed E-state index contributed by atoms with van der Waals surface area (Å²) >= 11 is 0. The number of phenolic OH excluding ortho intramolecular Hbond substituents is 2. The molecule has 0 amide bonds. The Labute approximate surface area is 334 Å². The first-order valence-electron chi connectivity index (χ1n) is 20.6. The maximum Gasteiger partial charge on any atom is 0.335 e. The molecule has 12 atom stereocenters. The number of aliphatic hydroxyl groups excluding tert-OH is 4. The molecule has 3 spiro atoms. The Balaban J connectivity index is 1.06. The second-order valence-electron chi connectivity index (χ2n) is 18.4. The lowest BCUT2D eigenvalue weighted by atomic mass is 9.39. The normalized spacial score (nSPS) is 41.1. The minimum atomic E-state index is -1.82. The van der Waals surface area contributed by atoms with Crippen LogP contribution in [-0.4, -0.2) is 122 Å². The molecule has 58 heavy (non-hydrogen) atoms. The number of aromatic hydroxyl groups is 2. The molecule has 3 saturated carbocycles. The molecule has 2 aromatic carbocycles. The van der Waals surface area contributed by atoms with Gasteiger partial charge < -0.3 is 54.7 Å². The number of phenols is 2. The minimum absolute atomic E-state index is 0.000638. The summed E-state index contributed by atoms with van der Waals surface area (Å²) in [5.41, 5.74) is 7.93. The number of nitrogens with one attached hydrogen (secondary N) is 2. The number of allylic oxidation sites excluding steroid dienone is 1. The molecule has 6 fully saturated rings. The van der Waals surface area contributed by atoms with Gasteiger partial charge in [0.15, 0.2) is 5.78 Å². The van der Waals surface area contributed by atoms with E-state index in [1.807, 2.05) is 0 Å². The third-order valence-corrected chi connectivity index (χ3v) is 15.9. The van der Waals surface area contributed by atoms with Crippen LogP contribution < -0.4 is 15.6 Å². The van der Waals surface area contributed by atoms with Crippen molar-refractivity contribution in [3.8, 4) is 17.2 Å². The van der Waals surface area contributed by atoms with Crippen LogP contribution in [0.4, 0.5) is 0 Å². The van der Waals surface area contributed by atoms with E-state index in [4.69, 9.17) is 18.9 Å². The number of ether oxygens (including phenoxy) is 4. The molecule has 2 bridgehead atoms. The molecular weight excluding hydrogens is 752 g/mol. The number of hydrazine groups is 1. The Kier molecular flexibility index (Phi) is 8.76. The number of aliphatic hydroxyl groups is 4. The van der Waals surface area contributed by atoms with Crippen molar-refractivity contribution in [2.75, 3.05) is 33.0 Å². The maximum atomic E-state index is 12.6. The number of ketones is 1. The first-order chi connectivity index (χ1) is 27.8. The van der Waals surface area contributed by atoms with Crippen molar-refractivity contribution in [2.24, 2.45) is 28.6 Å². The summed E-state index contributed by atoms with van der Waals surface area (Å²) in [6, 6.07) is 2.51. The van der Waals surface area contributed by atoms with E-state index in [1.165, 1.54) is 13.8 Å². The molecule has 3 saturated heterocycles. The summed E-state index contributed by atoms with van der Waals surface area (Å²) in [5.74, 6) is -3.27. The molecule has 15 nitrogen and oxygen atoms in total. The number of hydrogen-bond acceptors (Lipinski definition) is 14. The van der Waals surface area contributed by atoms with Gasteiger partial charge in [0.05, 0.1) is 36.3 Å². The van der Waals surface area contributed by atoms with E-state index in [1.54, 1.807) is 0 Å².